The van der Waals surface area contributed by atoms with Gasteiger partial charge in [-0.15, -0.1) is 5.06 Å². The van der Waals surface area contributed by atoms with E-state index in [-0.39, 0.29) is 12.7 Å². The summed E-state index contributed by atoms with van der Waals surface area (Å²) in [6, 6.07) is 0. The van der Waals surface area contributed by atoms with Gasteiger partial charge in [0.05, 0.1) is 0 Å². The molecule has 14 heavy (non-hydrogen) atoms. The Balaban J connectivity index is 4.32. The van der Waals surface area contributed by atoms with Crippen LogP contribution in [0.2, 0.25) is 0 Å². The van der Waals surface area contributed by atoms with Gasteiger partial charge in [-0.25, -0.2) is 0 Å². The summed E-state index contributed by atoms with van der Waals surface area (Å²) in [6.45, 7) is 0. The van der Waals surface area contributed by atoms with E-state index in [4.69, 9.17) is 5.21 Å². The molecule has 0 aliphatic carbocycles. The second kappa shape index (κ2) is 4.70. The third-order valence-electron chi connectivity index (χ3n) is 1.15. The van der Waals surface area contributed by atoms with Gasteiger partial charge in [0.1, 0.15) is 6.29 Å². The van der Waals surface area contributed by atoms with E-state index in [1.165, 1.54) is 0 Å². The van der Waals surface area contributed by atoms with Gasteiger partial charge in [-0.1, -0.05) is 0 Å². The Bertz CT molecular complexity index is 250. The van der Waals surface area contributed by atoms with Gasteiger partial charge in [0.2, 0.25) is 0 Å². The molecule has 5 nitrogen and oxygen atoms in total. The summed E-state index contributed by atoms with van der Waals surface area (Å²) in [6.07, 6.45) is -6.04. The molecular weight excluding hydrogens is 207 g/mol. The second-order valence-corrected chi connectivity index (χ2v) is 2.21. The molecule has 0 aliphatic heterocycles. The average Bonchev–Trinajstić information content (AvgIpc) is 2.10. The molecule has 0 saturated heterocycles. The van der Waals surface area contributed by atoms with Crippen LogP contribution in [0.25, 0.3) is 0 Å². The Kier molecular flexibility index (Phi) is 4.22. The van der Waals surface area contributed by atoms with Crippen LogP contribution in [0.3, 0.4) is 0 Å². The van der Waals surface area contributed by atoms with Crippen LogP contribution < -0.4 is 0 Å². The Morgan fingerprint density at radius 1 is 1.36 bits per heavy atom. The monoisotopic (exact) mass is 213 g/mol. The first-order valence-electron chi connectivity index (χ1n) is 3.37. The zero-order chi connectivity index (χ0) is 11.4. The lowest BCUT2D eigenvalue weighted by atomic mass is 10.3. The van der Waals surface area contributed by atoms with Gasteiger partial charge in [0.25, 0.3) is 5.91 Å². The molecule has 1 N–H and O–H groups in total. The average molecular weight is 213 g/mol. The summed E-state index contributed by atoms with van der Waals surface area (Å²) in [4.78, 5) is 30.5. The van der Waals surface area contributed by atoms with Gasteiger partial charge < -0.3 is 4.79 Å². The Labute approximate surface area is 76.1 Å². The van der Waals surface area contributed by atoms with Gasteiger partial charge in [0, 0.05) is 12.8 Å². The number of amides is 2. The predicted octanol–water partition coefficient (Wildman–Crippen LogP) is 0.272. The first-order valence-corrected chi connectivity index (χ1v) is 3.37. The molecule has 0 aromatic rings. The number of hydroxylamine groups is 2. The van der Waals surface area contributed by atoms with Crippen molar-refractivity contribution in [3.05, 3.63) is 0 Å². The predicted molar refractivity (Wildman–Crippen MR) is 35.0 cm³/mol. The van der Waals surface area contributed by atoms with Crippen LogP contribution in [0.5, 0.6) is 0 Å². The molecular formula is C6H6F3NO4. The van der Waals surface area contributed by atoms with Crippen LogP contribution in [0.4, 0.5) is 13.2 Å². The van der Waals surface area contributed by atoms with E-state index in [0.29, 0.717) is 0 Å². The molecule has 0 aromatic heterocycles. The molecule has 0 atom stereocenters. The van der Waals surface area contributed by atoms with E-state index in [9.17, 15) is 27.6 Å². The largest absolute Gasteiger partial charge is 0.474 e. The van der Waals surface area contributed by atoms with Crippen molar-refractivity contribution in [1.82, 2.24) is 5.06 Å². The smallest absolute Gasteiger partial charge is 0.303 e. The Morgan fingerprint density at radius 3 is 2.21 bits per heavy atom. The summed E-state index contributed by atoms with van der Waals surface area (Å²) in [5, 5.41) is 7.41. The van der Waals surface area contributed by atoms with Crippen molar-refractivity contribution in [2.24, 2.45) is 0 Å². The number of halogens is 3. The normalized spacial score (nSPS) is 10.9. The second-order valence-electron chi connectivity index (χ2n) is 2.21. The van der Waals surface area contributed by atoms with Crippen molar-refractivity contribution >= 4 is 18.1 Å². The molecule has 0 fully saturated rings. The van der Waals surface area contributed by atoms with Crippen LogP contribution in [-0.2, 0) is 14.4 Å². The molecule has 0 aliphatic rings. The lowest BCUT2D eigenvalue weighted by molar-refractivity contribution is -0.216. The van der Waals surface area contributed by atoms with Crippen LogP contribution >= 0.6 is 0 Å². The van der Waals surface area contributed by atoms with Crippen molar-refractivity contribution in [1.29, 1.82) is 0 Å². The third-order valence-corrected chi connectivity index (χ3v) is 1.15. The summed E-state index contributed by atoms with van der Waals surface area (Å²) >= 11 is 0. The number of nitrogens with zero attached hydrogens (tertiary/aromatic N) is 1. The van der Waals surface area contributed by atoms with Crippen molar-refractivity contribution in [3.8, 4) is 0 Å². The molecule has 0 bridgehead atoms. The number of hydrogen-bond donors (Lipinski definition) is 1. The minimum absolute atomic E-state index is 0.282. The van der Waals surface area contributed by atoms with Gasteiger partial charge in [0.15, 0.2) is 0 Å². The summed E-state index contributed by atoms with van der Waals surface area (Å²) in [7, 11) is 0. The van der Waals surface area contributed by atoms with E-state index in [1.54, 1.807) is 0 Å². The maximum absolute atomic E-state index is 11.6. The topological polar surface area (TPSA) is 74.7 Å². The van der Waals surface area contributed by atoms with Crippen LogP contribution in [0.1, 0.15) is 12.8 Å². The SMILES string of the molecule is O=CCCC(=O)N(O)C(=O)C(F)(F)F. The molecule has 0 rings (SSSR count). The molecule has 0 unspecified atom stereocenters. The standard InChI is InChI=1S/C6H6F3NO4/c7-6(8,9)5(13)10(14)4(12)2-1-3-11/h3,14H,1-2H2. The molecule has 0 radical (unpaired) electrons. The van der Waals surface area contributed by atoms with E-state index < -0.39 is 29.5 Å². The fraction of sp³-hybridized carbons (Fsp3) is 0.500. The van der Waals surface area contributed by atoms with Crippen molar-refractivity contribution in [2.45, 2.75) is 19.0 Å². The fourth-order valence-corrected chi connectivity index (χ4v) is 0.522. The zero-order valence-electron chi connectivity index (χ0n) is 6.74. The van der Waals surface area contributed by atoms with Gasteiger partial charge in [-0.3, -0.25) is 14.8 Å². The minimum atomic E-state index is -5.31. The molecule has 80 valence electrons. The number of imide groups is 1. The highest BCUT2D eigenvalue weighted by Crippen LogP contribution is 2.17. The quantitative estimate of drug-likeness (QED) is 0.415. The first-order chi connectivity index (χ1) is 6.30. The molecule has 0 heterocycles. The van der Waals surface area contributed by atoms with Gasteiger partial charge in [-0.05, 0) is 0 Å². The summed E-state index contributed by atoms with van der Waals surface area (Å²) < 4.78 is 34.8. The number of aldehydes is 1. The van der Waals surface area contributed by atoms with Crippen LogP contribution in [0.15, 0.2) is 0 Å². The molecule has 8 heteroatoms. The maximum atomic E-state index is 11.6. The lowest BCUT2D eigenvalue weighted by Gasteiger charge is -2.13. The van der Waals surface area contributed by atoms with E-state index in [0.717, 1.165) is 0 Å². The third kappa shape index (κ3) is 3.52. The summed E-state index contributed by atoms with van der Waals surface area (Å²) in [5.41, 5.74) is 0. The van der Waals surface area contributed by atoms with Crippen molar-refractivity contribution in [2.75, 3.05) is 0 Å². The molecule has 0 aromatic carbocycles. The number of carbonyl (C=O) groups excluding carboxylic acids is 3. The van der Waals surface area contributed by atoms with E-state index in [2.05, 4.69) is 0 Å². The van der Waals surface area contributed by atoms with E-state index in [1.807, 2.05) is 0 Å². The highest BCUT2D eigenvalue weighted by Gasteiger charge is 2.44. The highest BCUT2D eigenvalue weighted by molar-refractivity contribution is 5.96. The molecule has 2 amide bonds. The number of carbonyl (C=O) groups is 3. The van der Waals surface area contributed by atoms with Gasteiger partial charge in [-0.2, -0.15) is 13.2 Å². The zero-order valence-corrected chi connectivity index (χ0v) is 6.74. The summed E-state index contributed by atoms with van der Waals surface area (Å²) in [5.74, 6) is -4.15. The first kappa shape index (κ1) is 12.6. The number of hydrogen-bond acceptors (Lipinski definition) is 4. The number of alkyl halides is 3. The fourth-order valence-electron chi connectivity index (χ4n) is 0.522. The van der Waals surface area contributed by atoms with Crippen LogP contribution in [0, 0.1) is 0 Å². The number of rotatable bonds is 3. The lowest BCUT2D eigenvalue weighted by Crippen LogP contribution is -2.42. The molecule has 0 spiro atoms. The Hall–Kier alpha value is -1.44. The highest BCUT2D eigenvalue weighted by atomic mass is 19.4. The van der Waals surface area contributed by atoms with Crippen LogP contribution in [-0.4, -0.2) is 34.5 Å². The van der Waals surface area contributed by atoms with Gasteiger partial charge >= 0.3 is 12.1 Å². The van der Waals surface area contributed by atoms with Crippen molar-refractivity contribution in [3.63, 3.8) is 0 Å². The Morgan fingerprint density at radius 2 is 1.86 bits per heavy atom. The van der Waals surface area contributed by atoms with E-state index >= 15 is 0 Å². The minimum Gasteiger partial charge on any atom is -0.303 e. The van der Waals surface area contributed by atoms with Crippen molar-refractivity contribution < 1.29 is 32.8 Å². The molecule has 0 saturated carbocycles. The maximum Gasteiger partial charge on any atom is 0.474 e.